The molecule has 0 aliphatic heterocycles. The van der Waals surface area contributed by atoms with Crippen molar-refractivity contribution in [3.8, 4) is 0 Å². The lowest BCUT2D eigenvalue weighted by Gasteiger charge is -2.11. The Hall–Kier alpha value is -2.36. The zero-order chi connectivity index (χ0) is 16.7. The standard InChI is InChI=1S/C19H25N3O/c1-4-15-7-5-6-8-17(15)22-16-9-10-18(21-13-16)19(23)20-12-11-14(2)3/h5-10,13-14,22H,4,11-12H2,1-3H3,(H,20,23). The van der Waals surface area contributed by atoms with Gasteiger partial charge in [-0.15, -0.1) is 0 Å². The van der Waals surface area contributed by atoms with Gasteiger partial charge in [-0.05, 0) is 42.5 Å². The van der Waals surface area contributed by atoms with Gasteiger partial charge in [0.1, 0.15) is 5.69 Å². The van der Waals surface area contributed by atoms with E-state index in [4.69, 9.17) is 0 Å². The van der Waals surface area contributed by atoms with Crippen LogP contribution in [-0.4, -0.2) is 17.4 Å². The zero-order valence-corrected chi connectivity index (χ0v) is 14.1. The maximum absolute atomic E-state index is 12.0. The van der Waals surface area contributed by atoms with Gasteiger partial charge in [-0.1, -0.05) is 39.0 Å². The van der Waals surface area contributed by atoms with Gasteiger partial charge in [0.25, 0.3) is 5.91 Å². The summed E-state index contributed by atoms with van der Waals surface area (Å²) in [5, 5.41) is 6.25. The first-order valence-electron chi connectivity index (χ1n) is 8.19. The number of pyridine rings is 1. The van der Waals surface area contributed by atoms with Crippen molar-refractivity contribution in [2.75, 3.05) is 11.9 Å². The molecule has 0 radical (unpaired) electrons. The molecule has 1 heterocycles. The minimum absolute atomic E-state index is 0.119. The minimum Gasteiger partial charge on any atom is -0.354 e. The van der Waals surface area contributed by atoms with Crippen LogP contribution in [0.15, 0.2) is 42.6 Å². The predicted molar refractivity (Wildman–Crippen MR) is 95.1 cm³/mol. The first kappa shape index (κ1) is 17.0. The van der Waals surface area contributed by atoms with E-state index in [1.54, 1.807) is 12.3 Å². The lowest BCUT2D eigenvalue weighted by molar-refractivity contribution is 0.0947. The molecule has 0 saturated heterocycles. The SMILES string of the molecule is CCc1ccccc1Nc1ccc(C(=O)NCCC(C)C)nc1. The summed E-state index contributed by atoms with van der Waals surface area (Å²) in [7, 11) is 0. The van der Waals surface area contributed by atoms with Crippen LogP contribution in [-0.2, 0) is 6.42 Å². The molecule has 0 bridgehead atoms. The number of nitrogens with zero attached hydrogens (tertiary/aromatic N) is 1. The van der Waals surface area contributed by atoms with Crippen molar-refractivity contribution in [3.63, 3.8) is 0 Å². The Morgan fingerprint density at radius 2 is 1.96 bits per heavy atom. The Bertz CT molecular complexity index is 635. The number of carbonyl (C=O) groups is 1. The smallest absolute Gasteiger partial charge is 0.269 e. The topological polar surface area (TPSA) is 54.0 Å². The lowest BCUT2D eigenvalue weighted by atomic mass is 10.1. The highest BCUT2D eigenvalue weighted by Crippen LogP contribution is 2.20. The van der Waals surface area contributed by atoms with Crippen LogP contribution in [0.4, 0.5) is 11.4 Å². The van der Waals surface area contributed by atoms with E-state index in [1.165, 1.54) is 5.56 Å². The summed E-state index contributed by atoms with van der Waals surface area (Å²) >= 11 is 0. The van der Waals surface area contributed by atoms with Crippen LogP contribution < -0.4 is 10.6 Å². The van der Waals surface area contributed by atoms with Crippen molar-refractivity contribution < 1.29 is 4.79 Å². The highest BCUT2D eigenvalue weighted by Gasteiger charge is 2.07. The fourth-order valence-electron chi connectivity index (χ4n) is 2.27. The van der Waals surface area contributed by atoms with Crippen LogP contribution in [0, 0.1) is 5.92 Å². The summed E-state index contributed by atoms with van der Waals surface area (Å²) in [5.74, 6) is 0.458. The molecule has 0 aliphatic carbocycles. The number of aryl methyl sites for hydroxylation is 1. The lowest BCUT2D eigenvalue weighted by Crippen LogP contribution is -2.26. The molecule has 122 valence electrons. The van der Waals surface area contributed by atoms with Gasteiger partial charge in [0.05, 0.1) is 11.9 Å². The van der Waals surface area contributed by atoms with Crippen molar-refractivity contribution in [3.05, 3.63) is 53.9 Å². The molecule has 0 unspecified atom stereocenters. The predicted octanol–water partition coefficient (Wildman–Crippen LogP) is 4.16. The number of aromatic nitrogens is 1. The van der Waals surface area contributed by atoms with Gasteiger partial charge in [-0.2, -0.15) is 0 Å². The van der Waals surface area contributed by atoms with Crippen LogP contribution in [0.2, 0.25) is 0 Å². The van der Waals surface area contributed by atoms with Gasteiger partial charge < -0.3 is 10.6 Å². The largest absolute Gasteiger partial charge is 0.354 e. The number of amides is 1. The average Bonchev–Trinajstić information content (AvgIpc) is 2.55. The second-order valence-electron chi connectivity index (χ2n) is 6.01. The van der Waals surface area contributed by atoms with Gasteiger partial charge in [0.15, 0.2) is 0 Å². The third-order valence-corrected chi connectivity index (χ3v) is 3.68. The summed E-state index contributed by atoms with van der Waals surface area (Å²) in [6, 6.07) is 11.8. The molecule has 1 amide bonds. The average molecular weight is 311 g/mol. The van der Waals surface area contributed by atoms with Crippen LogP contribution in [0.3, 0.4) is 0 Å². The monoisotopic (exact) mass is 311 g/mol. The van der Waals surface area contributed by atoms with E-state index in [2.05, 4.69) is 42.5 Å². The number of hydrogen-bond donors (Lipinski definition) is 2. The summed E-state index contributed by atoms with van der Waals surface area (Å²) in [5.41, 5.74) is 3.65. The summed E-state index contributed by atoms with van der Waals surface area (Å²) in [4.78, 5) is 16.3. The molecule has 0 aliphatic rings. The fourth-order valence-corrected chi connectivity index (χ4v) is 2.27. The maximum atomic E-state index is 12.0. The quantitative estimate of drug-likeness (QED) is 0.807. The summed E-state index contributed by atoms with van der Waals surface area (Å²) in [6.45, 7) is 7.09. The highest BCUT2D eigenvalue weighted by atomic mass is 16.1. The number of rotatable bonds is 7. The molecule has 1 aromatic heterocycles. The fraction of sp³-hybridized carbons (Fsp3) is 0.368. The highest BCUT2D eigenvalue weighted by molar-refractivity contribution is 5.92. The van der Waals surface area contributed by atoms with Crippen LogP contribution in [0.25, 0.3) is 0 Å². The number of benzene rings is 1. The molecule has 0 fully saturated rings. The Labute approximate surface area is 138 Å². The Morgan fingerprint density at radius 1 is 1.17 bits per heavy atom. The van der Waals surface area contributed by atoms with E-state index >= 15 is 0 Å². The molecule has 2 N–H and O–H groups in total. The molecule has 0 spiro atoms. The van der Waals surface area contributed by atoms with Crippen LogP contribution in [0.5, 0.6) is 0 Å². The third kappa shape index (κ3) is 5.09. The van der Waals surface area contributed by atoms with Crippen molar-refractivity contribution in [2.45, 2.75) is 33.6 Å². The van der Waals surface area contributed by atoms with Gasteiger partial charge >= 0.3 is 0 Å². The molecule has 0 saturated carbocycles. The number of anilines is 2. The molecule has 4 nitrogen and oxygen atoms in total. The van der Waals surface area contributed by atoms with E-state index in [9.17, 15) is 4.79 Å². The van der Waals surface area contributed by atoms with E-state index in [0.29, 0.717) is 18.2 Å². The van der Waals surface area contributed by atoms with E-state index in [1.807, 2.05) is 24.3 Å². The molecular weight excluding hydrogens is 286 g/mol. The van der Waals surface area contributed by atoms with Crippen molar-refractivity contribution in [1.29, 1.82) is 0 Å². The number of carbonyl (C=O) groups excluding carboxylic acids is 1. The molecule has 23 heavy (non-hydrogen) atoms. The number of hydrogen-bond acceptors (Lipinski definition) is 3. The summed E-state index contributed by atoms with van der Waals surface area (Å²) in [6.07, 6.45) is 3.63. The van der Waals surface area contributed by atoms with E-state index in [-0.39, 0.29) is 5.91 Å². The molecule has 0 atom stereocenters. The third-order valence-electron chi connectivity index (χ3n) is 3.68. The normalized spacial score (nSPS) is 10.6. The van der Waals surface area contributed by atoms with Crippen molar-refractivity contribution >= 4 is 17.3 Å². The first-order valence-corrected chi connectivity index (χ1v) is 8.19. The van der Waals surface area contributed by atoms with Gasteiger partial charge in [-0.3, -0.25) is 4.79 Å². The second-order valence-corrected chi connectivity index (χ2v) is 6.01. The Kier molecular flexibility index (Phi) is 6.15. The van der Waals surface area contributed by atoms with Gasteiger partial charge in [0, 0.05) is 12.2 Å². The minimum atomic E-state index is -0.119. The number of nitrogens with one attached hydrogen (secondary N) is 2. The summed E-state index contributed by atoms with van der Waals surface area (Å²) < 4.78 is 0. The van der Waals surface area contributed by atoms with Gasteiger partial charge in [0.2, 0.25) is 0 Å². The Morgan fingerprint density at radius 3 is 2.61 bits per heavy atom. The van der Waals surface area contributed by atoms with Crippen LogP contribution >= 0.6 is 0 Å². The Balaban J connectivity index is 1.98. The van der Waals surface area contributed by atoms with E-state index in [0.717, 1.165) is 24.2 Å². The number of para-hydroxylation sites is 1. The second kappa shape index (κ2) is 8.32. The van der Waals surface area contributed by atoms with Crippen molar-refractivity contribution in [1.82, 2.24) is 10.3 Å². The maximum Gasteiger partial charge on any atom is 0.269 e. The molecular formula is C19H25N3O. The first-order chi connectivity index (χ1) is 11.1. The molecule has 1 aromatic carbocycles. The zero-order valence-electron chi connectivity index (χ0n) is 14.1. The van der Waals surface area contributed by atoms with Gasteiger partial charge in [-0.25, -0.2) is 4.98 Å². The van der Waals surface area contributed by atoms with Crippen LogP contribution in [0.1, 0.15) is 43.2 Å². The van der Waals surface area contributed by atoms with Crippen molar-refractivity contribution in [2.24, 2.45) is 5.92 Å². The molecule has 2 aromatic rings. The molecule has 4 heteroatoms. The molecule has 2 rings (SSSR count). The van der Waals surface area contributed by atoms with E-state index < -0.39 is 0 Å².